The van der Waals surface area contributed by atoms with Gasteiger partial charge in [0, 0.05) is 12.2 Å². The molecule has 1 aliphatic carbocycles. The van der Waals surface area contributed by atoms with Gasteiger partial charge in [-0.3, -0.25) is 9.59 Å². The lowest BCUT2D eigenvalue weighted by atomic mass is 9.81. The molecule has 1 unspecified atom stereocenters. The van der Waals surface area contributed by atoms with Crippen molar-refractivity contribution in [3.63, 3.8) is 0 Å². The average Bonchev–Trinajstić information content (AvgIpc) is 3.12. The van der Waals surface area contributed by atoms with E-state index in [1.54, 1.807) is 6.92 Å². The Morgan fingerprint density at radius 1 is 1.06 bits per heavy atom. The zero-order valence-corrected chi connectivity index (χ0v) is 19.4. The molecule has 1 aliphatic heterocycles. The van der Waals surface area contributed by atoms with Gasteiger partial charge in [0.25, 0.3) is 5.60 Å². The van der Waals surface area contributed by atoms with Gasteiger partial charge in [-0.15, -0.1) is 0 Å². The molecule has 2 aliphatic rings. The molecule has 0 bridgehead atoms. The number of fused-ring (bicyclic) bond motifs is 1. The first kappa shape index (κ1) is 22.9. The number of allylic oxidation sites excluding steroid dienone is 2. The molecule has 1 spiro atoms. The molecule has 0 saturated heterocycles. The molecule has 2 aromatic rings. The summed E-state index contributed by atoms with van der Waals surface area (Å²) < 4.78 is 22.2. The Balaban J connectivity index is 1.90. The van der Waals surface area contributed by atoms with Crippen LogP contribution < -0.4 is 9.47 Å². The van der Waals surface area contributed by atoms with Crippen molar-refractivity contribution in [3.8, 4) is 11.5 Å². The smallest absolute Gasteiger partial charge is 0.338 e. The van der Waals surface area contributed by atoms with Crippen LogP contribution in [-0.4, -0.2) is 37.4 Å². The topological polar surface area (TPSA) is 88.1 Å². The predicted molar refractivity (Wildman–Crippen MR) is 120 cm³/mol. The monoisotopic (exact) mass is 488 g/mol. The van der Waals surface area contributed by atoms with Crippen LogP contribution in [0.4, 0.5) is 0 Å². The summed E-state index contributed by atoms with van der Waals surface area (Å²) in [5.74, 6) is -2.38. The Morgan fingerprint density at radius 3 is 2.39 bits per heavy atom. The first-order valence-electron chi connectivity index (χ1n) is 9.79. The third-order valence-electron chi connectivity index (χ3n) is 5.45. The molecule has 0 aromatic heterocycles. The molecule has 4 rings (SSSR count). The number of Topliss-reactive ketones (excluding diaryl/α,β-unsaturated/α-hetero) is 1. The lowest BCUT2D eigenvalue weighted by molar-refractivity contribution is -0.138. The van der Waals surface area contributed by atoms with E-state index in [4.69, 9.17) is 42.1 Å². The Hall–Kier alpha value is -3.29. The SMILES string of the molecule is COC(=O)C1=CC(=O)C=C(OC)C12Oc1c(Cl)c(C)c(Cl)c(OCc3ccccc3)c1C2=O. The number of hydrogen-bond donors (Lipinski definition) is 0. The van der Waals surface area contributed by atoms with Gasteiger partial charge in [-0.1, -0.05) is 53.5 Å². The van der Waals surface area contributed by atoms with Crippen LogP contribution in [0.15, 0.2) is 53.8 Å². The third-order valence-corrected chi connectivity index (χ3v) is 6.36. The van der Waals surface area contributed by atoms with Crippen LogP contribution >= 0.6 is 23.2 Å². The highest BCUT2D eigenvalue weighted by atomic mass is 35.5. The minimum absolute atomic E-state index is 0.0290. The Labute approximate surface area is 199 Å². The second kappa shape index (κ2) is 8.57. The summed E-state index contributed by atoms with van der Waals surface area (Å²) in [5, 5.41) is 0.200. The number of esters is 1. The van der Waals surface area contributed by atoms with Crippen molar-refractivity contribution in [2.75, 3.05) is 14.2 Å². The van der Waals surface area contributed by atoms with Gasteiger partial charge in [0.05, 0.1) is 24.3 Å². The quantitative estimate of drug-likeness (QED) is 0.575. The molecule has 9 heteroatoms. The Kier molecular flexibility index (Phi) is 5.95. The molecule has 1 atom stereocenters. The molecule has 0 fully saturated rings. The van der Waals surface area contributed by atoms with E-state index in [-0.39, 0.29) is 45.0 Å². The van der Waals surface area contributed by atoms with Crippen molar-refractivity contribution in [1.82, 2.24) is 0 Å². The van der Waals surface area contributed by atoms with Crippen LogP contribution in [0.1, 0.15) is 21.5 Å². The average molecular weight is 489 g/mol. The normalized spacial score (nSPS) is 18.9. The van der Waals surface area contributed by atoms with E-state index in [1.807, 2.05) is 30.3 Å². The fourth-order valence-electron chi connectivity index (χ4n) is 3.81. The number of ether oxygens (including phenoxy) is 4. The number of benzene rings is 2. The molecular formula is C24H18Cl2O7. The number of hydrogen-bond acceptors (Lipinski definition) is 7. The van der Waals surface area contributed by atoms with Crippen molar-refractivity contribution >= 4 is 40.7 Å². The number of ketones is 2. The fraction of sp³-hybridized carbons (Fsp3) is 0.208. The number of carbonyl (C=O) groups is 3. The Bertz CT molecular complexity index is 1250. The largest absolute Gasteiger partial charge is 0.496 e. The van der Waals surface area contributed by atoms with Crippen molar-refractivity contribution in [1.29, 1.82) is 0 Å². The van der Waals surface area contributed by atoms with Crippen LogP contribution in [0.25, 0.3) is 0 Å². The minimum atomic E-state index is -2.11. The molecule has 7 nitrogen and oxygen atoms in total. The maximum absolute atomic E-state index is 13.9. The van der Waals surface area contributed by atoms with E-state index in [0.717, 1.165) is 24.8 Å². The lowest BCUT2D eigenvalue weighted by Gasteiger charge is -2.31. The lowest BCUT2D eigenvalue weighted by Crippen LogP contribution is -2.49. The van der Waals surface area contributed by atoms with Gasteiger partial charge < -0.3 is 18.9 Å². The maximum Gasteiger partial charge on any atom is 0.338 e. The van der Waals surface area contributed by atoms with E-state index < -0.39 is 23.1 Å². The second-order valence-corrected chi connectivity index (χ2v) is 8.09. The van der Waals surface area contributed by atoms with E-state index in [9.17, 15) is 14.4 Å². The molecule has 1 heterocycles. The minimum Gasteiger partial charge on any atom is -0.496 e. The van der Waals surface area contributed by atoms with Gasteiger partial charge in [0.1, 0.15) is 17.7 Å². The zero-order chi connectivity index (χ0) is 23.9. The van der Waals surface area contributed by atoms with Gasteiger partial charge in [0.15, 0.2) is 23.0 Å². The molecule has 2 aromatic carbocycles. The highest BCUT2D eigenvalue weighted by Gasteiger charge is 2.61. The number of carbonyl (C=O) groups excluding carboxylic acids is 3. The van der Waals surface area contributed by atoms with Crippen molar-refractivity contribution in [2.24, 2.45) is 0 Å². The highest BCUT2D eigenvalue weighted by Crippen LogP contribution is 2.54. The molecule has 0 amide bonds. The summed E-state index contributed by atoms with van der Waals surface area (Å²) >= 11 is 13.0. The van der Waals surface area contributed by atoms with Gasteiger partial charge in [-0.2, -0.15) is 0 Å². The van der Waals surface area contributed by atoms with Crippen LogP contribution in [-0.2, 0) is 25.7 Å². The first-order chi connectivity index (χ1) is 15.8. The number of halogens is 2. The van der Waals surface area contributed by atoms with Gasteiger partial charge in [0.2, 0.25) is 5.78 Å². The highest BCUT2D eigenvalue weighted by molar-refractivity contribution is 6.40. The third kappa shape index (κ3) is 3.48. The van der Waals surface area contributed by atoms with Gasteiger partial charge in [-0.25, -0.2) is 4.79 Å². The van der Waals surface area contributed by atoms with Crippen LogP contribution in [0, 0.1) is 6.92 Å². The van der Waals surface area contributed by atoms with Crippen LogP contribution in [0.3, 0.4) is 0 Å². The summed E-state index contributed by atoms with van der Waals surface area (Å²) in [6, 6.07) is 9.28. The summed E-state index contributed by atoms with van der Waals surface area (Å²) in [6.45, 7) is 1.76. The number of methoxy groups -OCH3 is 2. The van der Waals surface area contributed by atoms with Crippen LogP contribution in [0.2, 0.25) is 10.0 Å². The Morgan fingerprint density at radius 2 is 1.76 bits per heavy atom. The van der Waals surface area contributed by atoms with Gasteiger partial charge >= 0.3 is 5.97 Å². The molecule has 0 N–H and O–H groups in total. The van der Waals surface area contributed by atoms with E-state index in [0.29, 0.717) is 5.56 Å². The summed E-state index contributed by atoms with van der Waals surface area (Å²) in [5.41, 5.74) is -1.24. The summed E-state index contributed by atoms with van der Waals surface area (Å²) in [4.78, 5) is 38.7. The van der Waals surface area contributed by atoms with Crippen LogP contribution in [0.5, 0.6) is 11.5 Å². The van der Waals surface area contributed by atoms with E-state index in [1.165, 1.54) is 7.11 Å². The molecule has 170 valence electrons. The molecular weight excluding hydrogens is 471 g/mol. The fourth-order valence-corrected chi connectivity index (χ4v) is 4.33. The standard InChI is InChI=1S/C24H18Cl2O7/c1-12-18(25)20(32-11-13-7-5-4-6-8-13)17-21(19(12)26)33-24(22(17)28)15(23(29)31-3)9-14(27)10-16(24)30-2/h4-10H,11H2,1-3H3. The molecule has 33 heavy (non-hydrogen) atoms. The first-order valence-corrected chi connectivity index (χ1v) is 10.5. The van der Waals surface area contributed by atoms with Gasteiger partial charge in [-0.05, 0) is 18.1 Å². The molecule has 0 saturated carbocycles. The summed E-state index contributed by atoms with van der Waals surface area (Å²) in [6.07, 6.45) is 2.05. The predicted octanol–water partition coefficient (Wildman–Crippen LogP) is 4.41. The van der Waals surface area contributed by atoms with Crippen molar-refractivity contribution < 1.29 is 33.3 Å². The number of rotatable bonds is 5. The van der Waals surface area contributed by atoms with E-state index >= 15 is 0 Å². The van der Waals surface area contributed by atoms with Crippen molar-refractivity contribution in [2.45, 2.75) is 19.1 Å². The zero-order valence-electron chi connectivity index (χ0n) is 17.9. The second-order valence-electron chi connectivity index (χ2n) is 7.34. The van der Waals surface area contributed by atoms with Crippen molar-refractivity contribution in [3.05, 3.63) is 80.6 Å². The summed E-state index contributed by atoms with van der Waals surface area (Å²) in [7, 11) is 2.38. The van der Waals surface area contributed by atoms with E-state index in [2.05, 4.69) is 0 Å². The maximum atomic E-state index is 13.9. The molecule has 0 radical (unpaired) electrons.